The van der Waals surface area contributed by atoms with Gasteiger partial charge in [-0.05, 0) is 83.4 Å². The predicted octanol–water partition coefficient (Wildman–Crippen LogP) is 2.79. The molecular weight excluding hydrogens is 672 g/mol. The van der Waals surface area contributed by atoms with E-state index in [1.807, 2.05) is 45.2 Å². The van der Waals surface area contributed by atoms with E-state index in [2.05, 4.69) is 21.2 Å². The minimum absolute atomic E-state index is 0.0544. The lowest BCUT2D eigenvalue weighted by Gasteiger charge is -2.38. The Morgan fingerprint density at radius 2 is 1.73 bits per heavy atom. The van der Waals surface area contributed by atoms with Crippen LogP contribution in [0.1, 0.15) is 41.1 Å². The average molecular weight is 695 g/mol. The van der Waals surface area contributed by atoms with Crippen molar-refractivity contribution in [3.63, 3.8) is 0 Å². The van der Waals surface area contributed by atoms with Crippen LogP contribution in [-0.4, -0.2) is 52.6 Å². The minimum atomic E-state index is -4.15. The number of amides is 3. The van der Waals surface area contributed by atoms with Crippen LogP contribution in [0, 0.1) is 3.57 Å². The summed E-state index contributed by atoms with van der Waals surface area (Å²) in [6, 6.07) is 1.42. The van der Waals surface area contributed by atoms with Gasteiger partial charge in [0.2, 0.25) is 10.9 Å². The molecule has 0 saturated carbocycles. The molecule has 3 aliphatic rings. The van der Waals surface area contributed by atoms with Crippen LogP contribution < -0.4 is 10.0 Å². The molecule has 2 N–H and O–H groups in total. The molecule has 5 rings (SSSR count). The number of urea groups is 1. The quantitative estimate of drug-likeness (QED) is 0.370. The van der Waals surface area contributed by atoms with Gasteiger partial charge < -0.3 is 10.2 Å². The second-order valence-electron chi connectivity index (χ2n) is 8.64. The highest BCUT2D eigenvalue weighted by Crippen LogP contribution is 2.38. The maximum atomic E-state index is 13.0. The molecule has 0 bridgehead atoms. The van der Waals surface area contributed by atoms with Crippen molar-refractivity contribution in [2.24, 2.45) is 0 Å². The third-order valence-electron chi connectivity index (χ3n) is 6.55. The summed E-state index contributed by atoms with van der Waals surface area (Å²) in [4.78, 5) is 26.3. The number of nitrogens with one attached hydrogen (secondary N) is 2. The van der Waals surface area contributed by atoms with Gasteiger partial charge in [-0.3, -0.25) is 9.48 Å². The van der Waals surface area contributed by atoms with Gasteiger partial charge in [0, 0.05) is 25.0 Å². The summed E-state index contributed by atoms with van der Waals surface area (Å²) < 4.78 is 30.5. The van der Waals surface area contributed by atoms with E-state index in [4.69, 9.17) is 0 Å². The molecule has 1 aromatic carbocycles. The Balaban J connectivity index is 1.31. The second kappa shape index (κ2) is 8.98. The number of benzene rings is 1. The van der Waals surface area contributed by atoms with E-state index in [9.17, 15) is 18.0 Å². The van der Waals surface area contributed by atoms with E-state index < -0.39 is 16.1 Å². The van der Waals surface area contributed by atoms with E-state index in [0.717, 1.165) is 55.3 Å². The van der Waals surface area contributed by atoms with E-state index in [-0.39, 0.29) is 17.0 Å². The molecule has 12 heteroatoms. The number of fused-ring (bicyclic) bond motifs is 2. The molecule has 2 heterocycles. The Labute approximate surface area is 219 Å². The molecule has 0 radical (unpaired) electrons. The van der Waals surface area contributed by atoms with Gasteiger partial charge in [0.25, 0.3) is 10.0 Å². The molecule has 2 aliphatic carbocycles. The molecule has 0 spiro atoms. The summed E-state index contributed by atoms with van der Waals surface area (Å²) >= 11 is 3.93. The first-order valence-electron chi connectivity index (χ1n) is 10.9. The maximum absolute atomic E-state index is 13.0. The second-order valence-corrected chi connectivity index (χ2v) is 12.2. The highest BCUT2D eigenvalue weighted by Gasteiger charge is 2.34. The lowest BCUT2D eigenvalue weighted by Crippen LogP contribution is -2.51. The number of alkyl halides is 1. The number of hydrogen-bond acceptors (Lipinski definition) is 5. The summed E-state index contributed by atoms with van der Waals surface area (Å²) in [7, 11) is -4.15. The summed E-state index contributed by atoms with van der Waals surface area (Å²) in [5, 5.41) is 6.91. The number of rotatable bonds is 5. The van der Waals surface area contributed by atoms with Gasteiger partial charge in [0.1, 0.15) is 0 Å². The average Bonchev–Trinajstić information content (AvgIpc) is 3.45. The van der Waals surface area contributed by atoms with E-state index in [0.29, 0.717) is 21.1 Å². The highest BCUT2D eigenvalue weighted by molar-refractivity contribution is 14.1. The lowest BCUT2D eigenvalue weighted by molar-refractivity contribution is -0.133. The standard InChI is InChI=1S/C21H23I2N5O4S/c22-8-18(29)27-9-14(10-27)28-11-17(23)20(25-28)33(31,32)26-21(30)24-19-15-5-1-3-12(15)7-13-4-2-6-16(13)19/h7,11,14H,1-6,8-10H2,(H2,24,26,30). The Morgan fingerprint density at radius 1 is 1.09 bits per heavy atom. The molecule has 33 heavy (non-hydrogen) atoms. The number of carbonyl (C=O) groups is 2. The van der Waals surface area contributed by atoms with Crippen molar-refractivity contribution in [3.05, 3.63) is 38.1 Å². The number of anilines is 1. The Hall–Kier alpha value is -1.42. The Morgan fingerprint density at radius 3 is 2.33 bits per heavy atom. The zero-order valence-corrected chi connectivity index (χ0v) is 22.9. The zero-order valence-electron chi connectivity index (χ0n) is 17.7. The van der Waals surface area contributed by atoms with Crippen LogP contribution in [0.2, 0.25) is 0 Å². The molecule has 1 fully saturated rings. The number of likely N-dealkylation sites (tertiary alicyclic amines) is 1. The van der Waals surface area contributed by atoms with Gasteiger partial charge in [-0.25, -0.2) is 9.52 Å². The first-order valence-corrected chi connectivity index (χ1v) is 14.9. The SMILES string of the molecule is O=C(Nc1c2c(cc3c1CCC3)CCC2)NS(=O)(=O)c1nn(C2CN(C(=O)CI)C2)cc1I. The number of carbonyl (C=O) groups excluding carboxylic acids is 2. The van der Waals surface area contributed by atoms with E-state index in [1.165, 1.54) is 11.1 Å². The van der Waals surface area contributed by atoms with Crippen molar-refractivity contribution in [2.75, 3.05) is 22.8 Å². The van der Waals surface area contributed by atoms with Crippen molar-refractivity contribution in [3.8, 4) is 0 Å². The summed E-state index contributed by atoms with van der Waals surface area (Å²) in [6.07, 6.45) is 7.51. The maximum Gasteiger partial charge on any atom is 0.333 e. The van der Waals surface area contributed by atoms with Gasteiger partial charge in [-0.15, -0.1) is 0 Å². The van der Waals surface area contributed by atoms with Crippen molar-refractivity contribution >= 4 is 72.8 Å². The van der Waals surface area contributed by atoms with Crippen LogP contribution in [0.25, 0.3) is 0 Å². The molecule has 1 aliphatic heterocycles. The lowest BCUT2D eigenvalue weighted by atomic mass is 9.99. The molecule has 2 aromatic rings. The van der Waals surface area contributed by atoms with Gasteiger partial charge in [0.15, 0.2) is 0 Å². The molecule has 3 amide bonds. The smallest absolute Gasteiger partial charge is 0.333 e. The molecule has 0 atom stereocenters. The fraction of sp³-hybridized carbons (Fsp3) is 0.476. The number of aromatic nitrogens is 2. The van der Waals surface area contributed by atoms with Crippen LogP contribution in [0.4, 0.5) is 10.5 Å². The van der Waals surface area contributed by atoms with Crippen LogP contribution in [-0.2, 0) is 40.5 Å². The first-order chi connectivity index (χ1) is 15.8. The monoisotopic (exact) mass is 695 g/mol. The number of sulfonamides is 1. The summed E-state index contributed by atoms with van der Waals surface area (Å²) in [5.74, 6) is 0.0544. The van der Waals surface area contributed by atoms with E-state index in [1.54, 1.807) is 15.8 Å². The fourth-order valence-electron chi connectivity index (χ4n) is 4.91. The molecular formula is C21H23I2N5O4S. The van der Waals surface area contributed by atoms with Crippen molar-refractivity contribution < 1.29 is 18.0 Å². The third-order valence-corrected chi connectivity index (χ3v) is 9.63. The Bertz CT molecular complexity index is 1220. The molecule has 0 unspecified atom stereocenters. The third kappa shape index (κ3) is 4.37. The molecule has 1 saturated heterocycles. The Kier molecular flexibility index (Phi) is 6.35. The number of hydrogen-bond donors (Lipinski definition) is 2. The number of aryl methyl sites for hydroxylation is 2. The van der Waals surface area contributed by atoms with Crippen molar-refractivity contribution in [2.45, 2.75) is 49.6 Å². The van der Waals surface area contributed by atoms with Crippen LogP contribution in [0.3, 0.4) is 0 Å². The van der Waals surface area contributed by atoms with Crippen LogP contribution >= 0.6 is 45.2 Å². The number of halogens is 2. The molecule has 9 nitrogen and oxygen atoms in total. The van der Waals surface area contributed by atoms with E-state index >= 15 is 0 Å². The van der Waals surface area contributed by atoms with Crippen molar-refractivity contribution in [1.82, 2.24) is 19.4 Å². The van der Waals surface area contributed by atoms with Crippen LogP contribution in [0.5, 0.6) is 0 Å². The van der Waals surface area contributed by atoms with Gasteiger partial charge >= 0.3 is 6.03 Å². The normalized spacial score (nSPS) is 17.5. The largest absolute Gasteiger partial charge is 0.338 e. The fourth-order valence-corrected chi connectivity index (χ4v) is 7.56. The topological polar surface area (TPSA) is 113 Å². The summed E-state index contributed by atoms with van der Waals surface area (Å²) in [5.41, 5.74) is 5.59. The zero-order chi connectivity index (χ0) is 23.3. The van der Waals surface area contributed by atoms with Crippen LogP contribution in [0.15, 0.2) is 17.3 Å². The van der Waals surface area contributed by atoms with Gasteiger partial charge in [-0.1, -0.05) is 28.7 Å². The highest BCUT2D eigenvalue weighted by atomic mass is 127. The molecule has 1 aromatic heterocycles. The molecule has 176 valence electrons. The minimum Gasteiger partial charge on any atom is -0.338 e. The predicted molar refractivity (Wildman–Crippen MR) is 139 cm³/mol. The van der Waals surface area contributed by atoms with Crippen molar-refractivity contribution in [1.29, 1.82) is 0 Å². The summed E-state index contributed by atoms with van der Waals surface area (Å²) in [6.45, 7) is 0.994. The number of nitrogens with zero attached hydrogens (tertiary/aromatic N) is 3. The van der Waals surface area contributed by atoms with Gasteiger partial charge in [-0.2, -0.15) is 13.5 Å². The van der Waals surface area contributed by atoms with Gasteiger partial charge in [0.05, 0.1) is 14.0 Å². The first kappa shape index (κ1) is 23.3.